The number of halogens is 1. The second-order valence-corrected chi connectivity index (χ2v) is 10.4. The lowest BCUT2D eigenvalue weighted by Gasteiger charge is -2.14. The molecule has 3 heterocycles. The Labute approximate surface area is 219 Å². The second kappa shape index (κ2) is 12.3. The van der Waals surface area contributed by atoms with Crippen molar-refractivity contribution in [2.75, 3.05) is 11.9 Å². The van der Waals surface area contributed by atoms with Gasteiger partial charge in [-0.15, -0.1) is 0 Å². The summed E-state index contributed by atoms with van der Waals surface area (Å²) in [5, 5.41) is 3.32. The maximum Gasteiger partial charge on any atom is 0.267 e. The second-order valence-electron chi connectivity index (χ2n) is 8.70. The van der Waals surface area contributed by atoms with Gasteiger partial charge in [0.1, 0.15) is 21.6 Å². The van der Waals surface area contributed by atoms with Crippen molar-refractivity contribution in [1.29, 1.82) is 0 Å². The van der Waals surface area contributed by atoms with Crippen molar-refractivity contribution < 1.29 is 9.18 Å². The average molecular weight is 525 g/mol. The summed E-state index contributed by atoms with van der Waals surface area (Å²) in [6.07, 6.45) is 10.2. The number of hydrogen-bond acceptors (Lipinski definition) is 6. The van der Waals surface area contributed by atoms with Crippen LogP contribution < -0.4 is 10.9 Å². The number of anilines is 1. The van der Waals surface area contributed by atoms with E-state index in [0.29, 0.717) is 32.8 Å². The molecular formula is C27H29FN4O2S2. The predicted octanol–water partition coefficient (Wildman–Crippen LogP) is 6.01. The van der Waals surface area contributed by atoms with Crippen LogP contribution in [0, 0.1) is 5.82 Å². The Bertz CT molecular complexity index is 1340. The van der Waals surface area contributed by atoms with Crippen LogP contribution in [0.1, 0.15) is 56.6 Å². The molecule has 9 heteroatoms. The van der Waals surface area contributed by atoms with E-state index in [1.54, 1.807) is 36.5 Å². The number of aromatic nitrogens is 2. The van der Waals surface area contributed by atoms with E-state index in [1.807, 2.05) is 6.07 Å². The molecule has 0 aliphatic carbocycles. The largest absolute Gasteiger partial charge is 0.369 e. The van der Waals surface area contributed by atoms with E-state index in [-0.39, 0.29) is 23.8 Å². The van der Waals surface area contributed by atoms with Gasteiger partial charge in [0.15, 0.2) is 0 Å². The highest BCUT2D eigenvalue weighted by Gasteiger charge is 2.32. The number of nitrogens with zero attached hydrogens (tertiary/aromatic N) is 3. The highest BCUT2D eigenvalue weighted by molar-refractivity contribution is 8.26. The first-order valence-corrected chi connectivity index (χ1v) is 13.5. The van der Waals surface area contributed by atoms with E-state index < -0.39 is 0 Å². The van der Waals surface area contributed by atoms with Crippen LogP contribution in [0.3, 0.4) is 0 Å². The lowest BCUT2D eigenvalue weighted by molar-refractivity contribution is -0.122. The van der Waals surface area contributed by atoms with Crippen LogP contribution in [0.5, 0.6) is 0 Å². The van der Waals surface area contributed by atoms with Crippen LogP contribution in [0.15, 0.2) is 58.4 Å². The summed E-state index contributed by atoms with van der Waals surface area (Å²) >= 11 is 6.60. The first-order valence-electron chi connectivity index (χ1n) is 12.2. The summed E-state index contributed by atoms with van der Waals surface area (Å²) in [7, 11) is 0. The summed E-state index contributed by atoms with van der Waals surface area (Å²) in [6, 6.07) is 11.3. The molecule has 6 nitrogen and oxygen atoms in total. The fourth-order valence-corrected chi connectivity index (χ4v) is 5.26. The van der Waals surface area contributed by atoms with Crippen molar-refractivity contribution in [3.8, 4) is 0 Å². The van der Waals surface area contributed by atoms with Crippen LogP contribution in [0.4, 0.5) is 10.2 Å². The van der Waals surface area contributed by atoms with Gasteiger partial charge in [-0.3, -0.25) is 18.9 Å². The molecule has 1 saturated heterocycles. The van der Waals surface area contributed by atoms with Crippen LogP contribution in [-0.4, -0.2) is 31.1 Å². The Morgan fingerprint density at radius 2 is 1.81 bits per heavy atom. The Kier molecular flexibility index (Phi) is 8.88. The highest BCUT2D eigenvalue weighted by Crippen LogP contribution is 2.34. The molecule has 1 N–H and O–H groups in total. The standard InChI is InChI=1S/C27H29FN4O2S2/c1-2-3-4-5-6-8-15-29-24-21(25(33)31-16-9-7-10-23(31)30-24)17-22-26(34)32(27(35)36-22)18-19-11-13-20(28)14-12-19/h7,9-14,16-17,29H,2-6,8,15,18H2,1H3. The van der Waals surface area contributed by atoms with Crippen LogP contribution >= 0.6 is 24.0 Å². The Morgan fingerprint density at radius 3 is 2.58 bits per heavy atom. The van der Waals surface area contributed by atoms with E-state index >= 15 is 0 Å². The molecule has 2 aromatic heterocycles. The molecular weight excluding hydrogens is 495 g/mol. The summed E-state index contributed by atoms with van der Waals surface area (Å²) in [5.41, 5.74) is 1.37. The maximum atomic E-state index is 13.4. The first-order chi connectivity index (χ1) is 17.5. The molecule has 1 fully saturated rings. The molecule has 0 spiro atoms. The lowest BCUT2D eigenvalue weighted by atomic mass is 10.1. The molecule has 0 unspecified atom stereocenters. The van der Waals surface area contributed by atoms with Crippen molar-refractivity contribution in [3.05, 3.63) is 80.9 Å². The van der Waals surface area contributed by atoms with Gasteiger partial charge in [-0.25, -0.2) is 9.37 Å². The van der Waals surface area contributed by atoms with Crippen LogP contribution in [0.25, 0.3) is 11.7 Å². The van der Waals surface area contributed by atoms with Gasteiger partial charge in [0.25, 0.3) is 11.5 Å². The first kappa shape index (κ1) is 26.0. The van der Waals surface area contributed by atoms with E-state index in [9.17, 15) is 14.0 Å². The number of thioether (sulfide) groups is 1. The molecule has 4 rings (SSSR count). The van der Waals surface area contributed by atoms with Gasteiger partial charge in [-0.05, 0) is 42.3 Å². The van der Waals surface area contributed by atoms with E-state index in [4.69, 9.17) is 12.2 Å². The molecule has 1 amide bonds. The van der Waals surface area contributed by atoms with Gasteiger partial charge in [0.05, 0.1) is 17.0 Å². The third-order valence-corrected chi connectivity index (χ3v) is 7.37. The predicted molar refractivity (Wildman–Crippen MR) is 148 cm³/mol. The molecule has 1 aliphatic rings. The number of benzene rings is 1. The Balaban J connectivity index is 1.57. The van der Waals surface area contributed by atoms with Gasteiger partial charge in [-0.1, -0.05) is 81.2 Å². The number of carbonyl (C=O) groups is 1. The van der Waals surface area contributed by atoms with Crippen LogP contribution in [0.2, 0.25) is 0 Å². The fraction of sp³-hybridized carbons (Fsp3) is 0.333. The van der Waals surface area contributed by atoms with Crippen molar-refractivity contribution in [3.63, 3.8) is 0 Å². The number of amides is 1. The van der Waals surface area contributed by atoms with Gasteiger partial charge >= 0.3 is 0 Å². The topological polar surface area (TPSA) is 66.7 Å². The van der Waals surface area contributed by atoms with Gasteiger partial charge in [0.2, 0.25) is 0 Å². The molecule has 36 heavy (non-hydrogen) atoms. The zero-order chi connectivity index (χ0) is 25.5. The van der Waals surface area contributed by atoms with Gasteiger partial charge in [0, 0.05) is 12.7 Å². The van der Waals surface area contributed by atoms with E-state index in [1.165, 1.54) is 47.1 Å². The number of thiocarbonyl (C=S) groups is 1. The minimum absolute atomic E-state index is 0.236. The molecule has 0 bridgehead atoms. The molecule has 0 saturated carbocycles. The quantitative estimate of drug-likeness (QED) is 0.188. The maximum absolute atomic E-state index is 13.4. The van der Waals surface area contributed by atoms with Crippen molar-refractivity contribution in [1.82, 2.24) is 14.3 Å². The monoisotopic (exact) mass is 524 g/mol. The van der Waals surface area contributed by atoms with Crippen molar-refractivity contribution in [2.45, 2.75) is 52.0 Å². The van der Waals surface area contributed by atoms with Crippen molar-refractivity contribution >= 4 is 51.7 Å². The summed E-state index contributed by atoms with van der Waals surface area (Å²) in [6.45, 7) is 3.12. The molecule has 0 atom stereocenters. The van der Waals surface area contributed by atoms with Crippen molar-refractivity contribution in [2.24, 2.45) is 0 Å². The normalized spacial score (nSPS) is 14.8. The molecule has 1 aromatic carbocycles. The highest BCUT2D eigenvalue weighted by atomic mass is 32.2. The third-order valence-electron chi connectivity index (χ3n) is 5.99. The summed E-state index contributed by atoms with van der Waals surface area (Å²) in [4.78, 5) is 33.1. The molecule has 1 aliphatic heterocycles. The van der Waals surface area contributed by atoms with E-state index in [2.05, 4.69) is 17.2 Å². The van der Waals surface area contributed by atoms with Crippen LogP contribution in [-0.2, 0) is 11.3 Å². The minimum Gasteiger partial charge on any atom is -0.369 e. The zero-order valence-corrected chi connectivity index (χ0v) is 21.8. The molecule has 0 radical (unpaired) electrons. The number of unbranched alkanes of at least 4 members (excludes halogenated alkanes) is 5. The SMILES string of the molecule is CCCCCCCCNc1nc2ccccn2c(=O)c1C=C1SC(=S)N(Cc2ccc(F)cc2)C1=O. The Morgan fingerprint density at radius 1 is 1.06 bits per heavy atom. The summed E-state index contributed by atoms with van der Waals surface area (Å²) in [5.74, 6) is -0.161. The number of pyridine rings is 1. The smallest absolute Gasteiger partial charge is 0.267 e. The number of nitrogens with one attached hydrogen (secondary N) is 1. The molecule has 3 aromatic rings. The minimum atomic E-state index is -0.339. The number of carbonyl (C=O) groups excluding carboxylic acids is 1. The lowest BCUT2D eigenvalue weighted by Crippen LogP contribution is -2.27. The Hall–Kier alpha value is -3.04. The third kappa shape index (κ3) is 6.20. The van der Waals surface area contributed by atoms with Gasteiger partial charge in [-0.2, -0.15) is 0 Å². The number of rotatable bonds is 11. The fourth-order valence-electron chi connectivity index (χ4n) is 4.02. The average Bonchev–Trinajstić information content (AvgIpc) is 3.14. The zero-order valence-electron chi connectivity index (χ0n) is 20.2. The van der Waals surface area contributed by atoms with Gasteiger partial charge < -0.3 is 5.32 Å². The number of hydrogen-bond donors (Lipinski definition) is 1. The number of fused-ring (bicyclic) bond motifs is 1. The van der Waals surface area contributed by atoms with E-state index in [0.717, 1.165) is 30.2 Å². The summed E-state index contributed by atoms with van der Waals surface area (Å²) < 4.78 is 15.1. The molecule has 188 valence electrons.